The SMILES string of the molecule is NC(CCCCNC=O)C(=O)NCCOCCOCC(=O)NC(CCC(=O)NC(CCC(=O)OCc1ccccc1)C(=O)OCc1ccccc1)C(=O)NC(CCC(=O)OCc1ccccc1)C(=O)OCc1ccccc1. The van der Waals surface area contributed by atoms with Gasteiger partial charge < -0.3 is 60.7 Å². The number of benzene rings is 4. The summed E-state index contributed by atoms with van der Waals surface area (Å²) >= 11 is 0. The second kappa shape index (κ2) is 36.9. The molecule has 4 atom stereocenters. The first kappa shape index (κ1) is 61.5. The van der Waals surface area contributed by atoms with E-state index < -0.39 is 78.8 Å². The number of amides is 5. The van der Waals surface area contributed by atoms with Gasteiger partial charge in [-0.2, -0.15) is 0 Å². The fourth-order valence-corrected chi connectivity index (χ4v) is 7.16. The number of nitrogens with two attached hydrogens (primary N) is 1. The van der Waals surface area contributed by atoms with E-state index >= 15 is 0 Å². The van der Waals surface area contributed by atoms with E-state index in [1.807, 2.05) is 12.1 Å². The first-order chi connectivity index (χ1) is 37.4. The van der Waals surface area contributed by atoms with E-state index in [2.05, 4.69) is 26.6 Å². The molecular weight excluding hydrogens is 997 g/mol. The number of carbonyl (C=O) groups is 9. The van der Waals surface area contributed by atoms with E-state index in [9.17, 15) is 43.2 Å². The van der Waals surface area contributed by atoms with Gasteiger partial charge in [-0.25, -0.2) is 9.59 Å². The van der Waals surface area contributed by atoms with Crippen LogP contribution < -0.4 is 32.3 Å². The Bertz CT molecular complexity index is 2420. The van der Waals surface area contributed by atoms with E-state index in [1.54, 1.807) is 109 Å². The molecule has 0 heterocycles. The van der Waals surface area contributed by atoms with E-state index in [-0.39, 0.29) is 90.8 Å². The average Bonchev–Trinajstić information content (AvgIpc) is 3.45. The lowest BCUT2D eigenvalue weighted by Gasteiger charge is -2.23. The molecule has 0 aliphatic heterocycles. The van der Waals surface area contributed by atoms with Gasteiger partial charge in [0.25, 0.3) is 0 Å². The smallest absolute Gasteiger partial charge is 0.328 e. The number of carbonyl (C=O) groups excluding carboxylic acids is 9. The minimum absolute atomic E-state index is 0.00409. The Kier molecular flexibility index (Phi) is 29.5. The molecule has 0 aromatic heterocycles. The van der Waals surface area contributed by atoms with Gasteiger partial charge in [-0.1, -0.05) is 121 Å². The molecule has 0 fully saturated rings. The Labute approximate surface area is 448 Å². The van der Waals surface area contributed by atoms with Crippen LogP contribution in [0.1, 0.15) is 80.0 Å². The Morgan fingerprint density at radius 3 is 1.39 bits per heavy atom. The molecule has 0 aliphatic carbocycles. The van der Waals surface area contributed by atoms with Gasteiger partial charge in [0.15, 0.2) is 0 Å². The molecule has 414 valence electrons. The maximum Gasteiger partial charge on any atom is 0.328 e. The number of nitrogens with one attached hydrogen (secondary N) is 5. The topological polar surface area (TPSA) is 295 Å². The third kappa shape index (κ3) is 26.9. The molecular formula is C56H70N6O15. The zero-order valence-corrected chi connectivity index (χ0v) is 43.1. The van der Waals surface area contributed by atoms with Crippen molar-refractivity contribution in [2.24, 2.45) is 5.73 Å². The minimum atomic E-state index is -1.48. The lowest BCUT2D eigenvalue weighted by atomic mass is 10.1. The van der Waals surface area contributed by atoms with E-state index in [0.29, 0.717) is 43.3 Å². The molecule has 0 radical (unpaired) electrons. The molecule has 0 saturated carbocycles. The summed E-state index contributed by atoms with van der Waals surface area (Å²) in [7, 11) is 0. The van der Waals surface area contributed by atoms with E-state index in [4.69, 9.17) is 34.2 Å². The Balaban J connectivity index is 1.40. The Hall–Kier alpha value is -8.01. The van der Waals surface area contributed by atoms with Crippen LogP contribution in [0.3, 0.4) is 0 Å². The molecule has 4 aromatic rings. The van der Waals surface area contributed by atoms with Crippen LogP contribution in [-0.2, 0) is 98.0 Å². The van der Waals surface area contributed by atoms with Crippen molar-refractivity contribution in [2.45, 2.75) is 108 Å². The molecule has 4 rings (SSSR count). The molecule has 77 heavy (non-hydrogen) atoms. The monoisotopic (exact) mass is 1070 g/mol. The lowest BCUT2D eigenvalue weighted by molar-refractivity contribution is -0.151. The molecule has 0 saturated heterocycles. The van der Waals surface area contributed by atoms with Gasteiger partial charge in [0.2, 0.25) is 30.0 Å². The summed E-state index contributed by atoms with van der Waals surface area (Å²) in [4.78, 5) is 117. The second-order valence-corrected chi connectivity index (χ2v) is 17.5. The zero-order valence-electron chi connectivity index (χ0n) is 43.1. The van der Waals surface area contributed by atoms with Gasteiger partial charge in [0.05, 0.1) is 25.9 Å². The van der Waals surface area contributed by atoms with Crippen LogP contribution in [0, 0.1) is 0 Å². The van der Waals surface area contributed by atoms with Crippen LogP contribution in [0.15, 0.2) is 121 Å². The van der Waals surface area contributed by atoms with Gasteiger partial charge in [0, 0.05) is 32.4 Å². The third-order valence-electron chi connectivity index (χ3n) is 11.4. The minimum Gasteiger partial charge on any atom is -0.461 e. The Morgan fingerprint density at radius 1 is 0.455 bits per heavy atom. The highest BCUT2D eigenvalue weighted by molar-refractivity contribution is 5.92. The summed E-state index contributed by atoms with van der Waals surface area (Å²) in [5.74, 6) is -5.79. The van der Waals surface area contributed by atoms with Crippen molar-refractivity contribution in [1.29, 1.82) is 0 Å². The molecule has 5 amide bonds. The summed E-state index contributed by atoms with van der Waals surface area (Å²) in [6.07, 6.45) is 0.542. The summed E-state index contributed by atoms with van der Waals surface area (Å²) in [5.41, 5.74) is 8.75. The zero-order chi connectivity index (χ0) is 55.3. The van der Waals surface area contributed by atoms with Gasteiger partial charge in [-0.05, 0) is 60.8 Å². The highest BCUT2D eigenvalue weighted by Gasteiger charge is 2.30. The fraction of sp³-hybridized carbons (Fsp3) is 0.411. The molecule has 21 nitrogen and oxygen atoms in total. The van der Waals surface area contributed by atoms with Crippen molar-refractivity contribution in [3.05, 3.63) is 144 Å². The average molecular weight is 1070 g/mol. The maximum atomic E-state index is 14.2. The number of hydrogen-bond acceptors (Lipinski definition) is 16. The van der Waals surface area contributed by atoms with Gasteiger partial charge in [0.1, 0.15) is 51.2 Å². The summed E-state index contributed by atoms with van der Waals surface area (Å²) < 4.78 is 32.8. The number of ether oxygens (including phenoxy) is 6. The van der Waals surface area contributed by atoms with E-state index in [1.165, 1.54) is 0 Å². The van der Waals surface area contributed by atoms with Crippen molar-refractivity contribution in [3.8, 4) is 0 Å². The summed E-state index contributed by atoms with van der Waals surface area (Å²) in [6.45, 7) is -0.123. The maximum absolute atomic E-state index is 14.2. The van der Waals surface area contributed by atoms with Crippen LogP contribution >= 0.6 is 0 Å². The molecule has 4 aromatic carbocycles. The largest absolute Gasteiger partial charge is 0.461 e. The van der Waals surface area contributed by atoms with E-state index in [0.717, 1.165) is 11.1 Å². The van der Waals surface area contributed by atoms with Crippen LogP contribution in [0.4, 0.5) is 0 Å². The predicted molar refractivity (Wildman–Crippen MR) is 279 cm³/mol. The van der Waals surface area contributed by atoms with Gasteiger partial charge >= 0.3 is 23.9 Å². The highest BCUT2D eigenvalue weighted by Crippen LogP contribution is 2.12. The first-order valence-corrected chi connectivity index (χ1v) is 25.4. The van der Waals surface area contributed by atoms with Crippen molar-refractivity contribution in [2.75, 3.05) is 39.5 Å². The molecule has 0 aliphatic rings. The number of hydrogen-bond donors (Lipinski definition) is 6. The van der Waals surface area contributed by atoms with Crippen molar-refractivity contribution in [1.82, 2.24) is 26.6 Å². The number of unbranched alkanes of at least 4 members (excludes halogenated alkanes) is 1. The van der Waals surface area contributed by atoms with Gasteiger partial charge in [-0.3, -0.25) is 33.6 Å². The first-order valence-electron chi connectivity index (χ1n) is 25.4. The number of esters is 4. The third-order valence-corrected chi connectivity index (χ3v) is 11.4. The quantitative estimate of drug-likeness (QED) is 0.0163. The predicted octanol–water partition coefficient (Wildman–Crippen LogP) is 3.15. The lowest BCUT2D eigenvalue weighted by Crippen LogP contribution is -2.53. The van der Waals surface area contributed by atoms with Crippen molar-refractivity contribution >= 4 is 53.9 Å². The van der Waals surface area contributed by atoms with Crippen LogP contribution in [-0.4, -0.2) is 118 Å². The van der Waals surface area contributed by atoms with Crippen molar-refractivity contribution in [3.63, 3.8) is 0 Å². The molecule has 4 unspecified atom stereocenters. The Morgan fingerprint density at radius 2 is 0.896 bits per heavy atom. The number of rotatable bonds is 38. The fourth-order valence-electron chi connectivity index (χ4n) is 7.16. The standard InChI is InChI=1S/C56H70N6O15/c57-45(23-13-14-30-58-40-63)53(68)59-31-32-72-33-34-73-39-50(65)60-46(54(69)62-48(56(71)77-38-44-21-11-4-12-22-44)26-29-52(67)75-36-42-17-7-2-8-18-42)24-27-49(64)61-47(55(70)76-37-43-19-9-3-10-20-43)25-28-51(66)74-35-41-15-5-1-6-16-41/h1-12,15-22,40,45-48H,13-14,23-39,57H2,(H,58,63)(H,59,68)(H,60,65)(H,61,64)(H,62,69). The van der Waals surface area contributed by atoms with Crippen LogP contribution in [0.5, 0.6) is 0 Å². The van der Waals surface area contributed by atoms with Crippen LogP contribution in [0.2, 0.25) is 0 Å². The second-order valence-electron chi connectivity index (χ2n) is 17.5. The normalized spacial score (nSPS) is 12.3. The summed E-state index contributed by atoms with van der Waals surface area (Å²) in [6, 6.07) is 30.6. The molecule has 21 heteroatoms. The summed E-state index contributed by atoms with van der Waals surface area (Å²) in [5, 5.41) is 13.0. The molecule has 0 bridgehead atoms. The molecule has 0 spiro atoms. The van der Waals surface area contributed by atoms with Crippen molar-refractivity contribution < 1.29 is 71.6 Å². The highest BCUT2D eigenvalue weighted by atomic mass is 16.5. The van der Waals surface area contributed by atoms with Gasteiger partial charge in [-0.15, -0.1) is 0 Å². The van der Waals surface area contributed by atoms with Crippen LogP contribution in [0.25, 0.3) is 0 Å². The molecule has 7 N–H and O–H groups in total.